The van der Waals surface area contributed by atoms with Gasteiger partial charge >= 0.3 is 0 Å². The maximum absolute atomic E-state index is 13.0. The van der Waals surface area contributed by atoms with E-state index in [-0.39, 0.29) is 11.7 Å². The molecule has 0 radical (unpaired) electrons. The van der Waals surface area contributed by atoms with Crippen molar-refractivity contribution < 1.29 is 13.6 Å². The summed E-state index contributed by atoms with van der Waals surface area (Å²) in [7, 11) is 0. The summed E-state index contributed by atoms with van der Waals surface area (Å²) in [6.07, 6.45) is 2.33. The van der Waals surface area contributed by atoms with E-state index in [0.717, 1.165) is 16.8 Å². The van der Waals surface area contributed by atoms with Crippen molar-refractivity contribution in [2.24, 2.45) is 0 Å². The Bertz CT molecular complexity index is 887. The van der Waals surface area contributed by atoms with Crippen LogP contribution in [0.5, 0.6) is 0 Å². The first-order valence-electron chi connectivity index (χ1n) is 8.65. The van der Waals surface area contributed by atoms with Gasteiger partial charge in [-0.05, 0) is 49.7 Å². The quantitative estimate of drug-likeness (QED) is 0.642. The van der Waals surface area contributed by atoms with Crippen LogP contribution in [0.4, 0.5) is 10.1 Å². The summed E-state index contributed by atoms with van der Waals surface area (Å²) in [5.41, 5.74) is 2.75. The van der Waals surface area contributed by atoms with Gasteiger partial charge in [0.1, 0.15) is 5.82 Å². The number of oxazole rings is 1. The topological polar surface area (TPSA) is 46.3 Å². The number of hydrogen-bond donors (Lipinski definition) is 0. The van der Waals surface area contributed by atoms with E-state index in [9.17, 15) is 9.18 Å². The number of carbonyl (C=O) groups excluding carboxylic acids is 1. The molecule has 4 nitrogen and oxygen atoms in total. The molecule has 0 aliphatic carbocycles. The van der Waals surface area contributed by atoms with Crippen LogP contribution < -0.4 is 4.90 Å². The molecule has 0 unspecified atom stereocenters. The van der Waals surface area contributed by atoms with Crippen molar-refractivity contribution in [3.8, 4) is 11.3 Å². The van der Waals surface area contributed by atoms with Gasteiger partial charge in [0, 0.05) is 30.6 Å². The van der Waals surface area contributed by atoms with Crippen LogP contribution in [0.1, 0.15) is 24.8 Å². The number of aromatic nitrogens is 1. The Labute approximate surface area is 152 Å². The van der Waals surface area contributed by atoms with E-state index in [0.29, 0.717) is 31.0 Å². The Hall–Kier alpha value is -2.95. The molecule has 1 heterocycles. The van der Waals surface area contributed by atoms with Crippen molar-refractivity contribution in [2.75, 3.05) is 11.4 Å². The number of hydrogen-bond acceptors (Lipinski definition) is 3. The Morgan fingerprint density at radius 2 is 1.88 bits per heavy atom. The van der Waals surface area contributed by atoms with Gasteiger partial charge in [0.25, 0.3) is 0 Å². The van der Waals surface area contributed by atoms with Gasteiger partial charge in [-0.3, -0.25) is 4.79 Å². The average molecular weight is 352 g/mol. The molecule has 26 heavy (non-hydrogen) atoms. The standard InChI is InChI=1S/C21H21FN2O2/c1-3-24(18-7-5-4-6-15(18)2)21(25)13-12-20-23-14-19(26-20)16-8-10-17(22)11-9-16/h4-11,14H,3,12-13H2,1-2H3. The molecule has 0 atom stereocenters. The molecule has 0 aliphatic heterocycles. The van der Waals surface area contributed by atoms with Crippen LogP contribution in [0.3, 0.4) is 0 Å². The molecule has 5 heteroatoms. The maximum atomic E-state index is 13.0. The predicted molar refractivity (Wildman–Crippen MR) is 99.4 cm³/mol. The zero-order valence-electron chi connectivity index (χ0n) is 14.9. The van der Waals surface area contributed by atoms with Crippen LogP contribution in [0.2, 0.25) is 0 Å². The first-order valence-corrected chi connectivity index (χ1v) is 8.65. The summed E-state index contributed by atoms with van der Waals surface area (Å²) < 4.78 is 18.7. The molecule has 0 saturated heterocycles. The highest BCUT2D eigenvalue weighted by atomic mass is 19.1. The van der Waals surface area contributed by atoms with Crippen molar-refractivity contribution in [2.45, 2.75) is 26.7 Å². The molecule has 134 valence electrons. The van der Waals surface area contributed by atoms with E-state index in [4.69, 9.17) is 4.42 Å². The van der Waals surface area contributed by atoms with Crippen molar-refractivity contribution in [1.29, 1.82) is 0 Å². The van der Waals surface area contributed by atoms with E-state index in [1.54, 1.807) is 23.2 Å². The second kappa shape index (κ2) is 7.95. The first kappa shape index (κ1) is 17.9. The zero-order valence-corrected chi connectivity index (χ0v) is 14.9. The summed E-state index contributed by atoms with van der Waals surface area (Å²) in [4.78, 5) is 18.6. The van der Waals surface area contributed by atoms with Gasteiger partial charge in [0.15, 0.2) is 11.7 Å². The number of para-hydroxylation sites is 1. The number of rotatable bonds is 6. The highest BCUT2D eigenvalue weighted by Crippen LogP contribution is 2.23. The summed E-state index contributed by atoms with van der Waals surface area (Å²) in [6.45, 7) is 4.56. The lowest BCUT2D eigenvalue weighted by Crippen LogP contribution is -2.31. The van der Waals surface area contributed by atoms with Gasteiger partial charge in [-0.2, -0.15) is 0 Å². The molecule has 3 rings (SSSR count). The second-order valence-corrected chi connectivity index (χ2v) is 6.05. The lowest BCUT2D eigenvalue weighted by molar-refractivity contribution is -0.118. The van der Waals surface area contributed by atoms with Crippen molar-refractivity contribution in [3.05, 3.63) is 72.0 Å². The zero-order chi connectivity index (χ0) is 18.5. The van der Waals surface area contributed by atoms with E-state index < -0.39 is 0 Å². The fraction of sp³-hybridized carbons (Fsp3) is 0.238. The maximum Gasteiger partial charge on any atom is 0.227 e. The summed E-state index contributed by atoms with van der Waals surface area (Å²) in [5, 5.41) is 0. The van der Waals surface area contributed by atoms with Gasteiger partial charge in [0.2, 0.25) is 5.91 Å². The number of amides is 1. The van der Waals surface area contributed by atoms with Crippen LogP contribution in [-0.4, -0.2) is 17.4 Å². The molecule has 1 amide bonds. The minimum Gasteiger partial charge on any atom is -0.441 e. The van der Waals surface area contributed by atoms with Gasteiger partial charge in [-0.15, -0.1) is 0 Å². The summed E-state index contributed by atoms with van der Waals surface area (Å²) in [6, 6.07) is 13.9. The van der Waals surface area contributed by atoms with Crippen molar-refractivity contribution in [3.63, 3.8) is 0 Å². The number of halogens is 1. The molecule has 0 aliphatic rings. The van der Waals surface area contributed by atoms with Gasteiger partial charge in [-0.25, -0.2) is 9.37 Å². The Morgan fingerprint density at radius 1 is 1.15 bits per heavy atom. The molecular formula is C21H21FN2O2. The second-order valence-electron chi connectivity index (χ2n) is 6.05. The monoisotopic (exact) mass is 352 g/mol. The summed E-state index contributed by atoms with van der Waals surface area (Å²) in [5.74, 6) is 0.801. The fourth-order valence-electron chi connectivity index (χ4n) is 2.87. The van der Waals surface area contributed by atoms with E-state index in [1.807, 2.05) is 38.1 Å². The molecule has 0 fully saturated rings. The third-order valence-electron chi connectivity index (χ3n) is 4.26. The molecule has 0 N–H and O–H groups in total. The smallest absolute Gasteiger partial charge is 0.227 e. The number of carbonyl (C=O) groups is 1. The fourth-order valence-corrected chi connectivity index (χ4v) is 2.87. The Morgan fingerprint density at radius 3 is 2.58 bits per heavy atom. The van der Waals surface area contributed by atoms with Crippen LogP contribution in [0.15, 0.2) is 59.1 Å². The third kappa shape index (κ3) is 3.99. The largest absolute Gasteiger partial charge is 0.441 e. The normalized spacial score (nSPS) is 10.7. The molecule has 0 spiro atoms. The van der Waals surface area contributed by atoms with Crippen LogP contribution in [0, 0.1) is 12.7 Å². The van der Waals surface area contributed by atoms with Crippen LogP contribution >= 0.6 is 0 Å². The number of anilines is 1. The average Bonchev–Trinajstić information content (AvgIpc) is 3.12. The van der Waals surface area contributed by atoms with Crippen molar-refractivity contribution >= 4 is 11.6 Å². The lowest BCUT2D eigenvalue weighted by Gasteiger charge is -2.22. The van der Waals surface area contributed by atoms with Gasteiger partial charge in [0.05, 0.1) is 6.20 Å². The van der Waals surface area contributed by atoms with Crippen molar-refractivity contribution in [1.82, 2.24) is 4.98 Å². The number of aryl methyl sites for hydroxylation is 2. The van der Waals surface area contributed by atoms with E-state index >= 15 is 0 Å². The first-order chi connectivity index (χ1) is 12.6. The third-order valence-corrected chi connectivity index (χ3v) is 4.26. The van der Waals surface area contributed by atoms with E-state index in [2.05, 4.69) is 4.98 Å². The number of nitrogens with zero attached hydrogens (tertiary/aromatic N) is 2. The van der Waals surface area contributed by atoms with Crippen LogP contribution in [-0.2, 0) is 11.2 Å². The minimum absolute atomic E-state index is 0.0309. The molecule has 0 bridgehead atoms. The molecule has 3 aromatic rings. The highest BCUT2D eigenvalue weighted by molar-refractivity contribution is 5.94. The minimum atomic E-state index is -0.296. The molecular weight excluding hydrogens is 331 g/mol. The van der Waals surface area contributed by atoms with Crippen LogP contribution in [0.25, 0.3) is 11.3 Å². The van der Waals surface area contributed by atoms with E-state index in [1.165, 1.54) is 12.1 Å². The SMILES string of the molecule is CCN(C(=O)CCc1ncc(-c2ccc(F)cc2)o1)c1ccccc1C. The van der Waals surface area contributed by atoms with Gasteiger partial charge < -0.3 is 9.32 Å². The lowest BCUT2D eigenvalue weighted by atomic mass is 10.1. The molecule has 0 saturated carbocycles. The highest BCUT2D eigenvalue weighted by Gasteiger charge is 2.17. The summed E-state index contributed by atoms with van der Waals surface area (Å²) >= 11 is 0. The van der Waals surface area contributed by atoms with Gasteiger partial charge in [-0.1, -0.05) is 18.2 Å². The Kier molecular flexibility index (Phi) is 5.46. The predicted octanol–water partition coefficient (Wildman–Crippen LogP) is 4.77. The molecule has 1 aromatic heterocycles. The Balaban J connectivity index is 1.66. The number of benzene rings is 2. The molecule has 2 aromatic carbocycles.